The van der Waals surface area contributed by atoms with Crippen LogP contribution in [0.5, 0.6) is 0 Å². The molecule has 60 heavy (non-hydrogen) atoms. The summed E-state index contributed by atoms with van der Waals surface area (Å²) in [5, 5.41) is 2.85. The summed E-state index contributed by atoms with van der Waals surface area (Å²) < 4.78 is 2.81. The quantitative estimate of drug-likeness (QED) is 0.158. The van der Waals surface area contributed by atoms with E-state index in [0.29, 0.717) is 17.5 Å². The van der Waals surface area contributed by atoms with Crippen molar-refractivity contribution in [1.82, 2.24) is 15.0 Å². The fourth-order valence-corrected chi connectivity index (χ4v) is 10.9. The molecule has 0 fully saturated rings. The van der Waals surface area contributed by atoms with Crippen molar-refractivity contribution in [2.24, 2.45) is 0 Å². The highest BCUT2D eigenvalue weighted by Crippen LogP contribution is 2.32. The van der Waals surface area contributed by atoms with Crippen LogP contribution in [0.2, 0.25) is 0 Å². The average molecular weight is 774 g/mol. The number of hydrogen-bond donors (Lipinski definition) is 0. The summed E-state index contributed by atoms with van der Waals surface area (Å²) in [6.45, 7) is 0. The van der Waals surface area contributed by atoms with Crippen molar-refractivity contribution in [3.63, 3.8) is 0 Å². The molecular formula is C45H40B11N3S. The molecule has 3 nitrogen and oxygen atoms in total. The van der Waals surface area contributed by atoms with Gasteiger partial charge in [-0.2, -0.15) is 0 Å². The Morgan fingerprint density at radius 3 is 1.10 bits per heavy atom. The van der Waals surface area contributed by atoms with Gasteiger partial charge in [-0.3, -0.25) is 0 Å². The second-order valence-corrected chi connectivity index (χ2v) is 17.7. The molecule has 0 aliphatic carbocycles. The largest absolute Gasteiger partial charge is 0.208 e. The van der Waals surface area contributed by atoms with E-state index in [2.05, 4.69) is 196 Å². The molecule has 0 atom stereocenters. The molecule has 0 radical (unpaired) electrons. The summed E-state index contributed by atoms with van der Waals surface area (Å²) in [4.78, 5) is 15.9. The Balaban J connectivity index is 1.27. The van der Waals surface area contributed by atoms with Crippen molar-refractivity contribution in [3.8, 4) is 67.5 Å². The molecule has 2 aromatic heterocycles. The minimum Gasteiger partial charge on any atom is -0.208 e. The van der Waals surface area contributed by atoms with E-state index in [4.69, 9.17) is 15.0 Å². The first kappa shape index (κ1) is 39.9. The van der Waals surface area contributed by atoms with E-state index in [1.807, 2.05) is 11.3 Å². The third-order valence-corrected chi connectivity index (χ3v) is 15.0. The molecule has 274 valence electrons. The second-order valence-electron chi connectivity index (χ2n) is 16.7. The molecule has 0 aliphatic heterocycles. The zero-order valence-corrected chi connectivity index (χ0v) is 37.5. The van der Waals surface area contributed by atoms with Crippen molar-refractivity contribution in [3.05, 3.63) is 109 Å². The molecule has 0 N–H and O–H groups in total. The highest BCUT2D eigenvalue weighted by Gasteiger charge is 2.26. The zero-order chi connectivity index (χ0) is 42.1. The molecule has 15 heteroatoms. The molecule has 0 bridgehead atoms. The van der Waals surface area contributed by atoms with Gasteiger partial charge in [-0.1, -0.05) is 153 Å². The van der Waals surface area contributed by atoms with Gasteiger partial charge in [-0.25, -0.2) is 15.0 Å². The summed E-state index contributed by atoms with van der Waals surface area (Å²) in [5.41, 5.74) is 24.9. The minimum atomic E-state index is 0.659. The molecule has 0 amide bonds. The van der Waals surface area contributed by atoms with E-state index >= 15 is 0 Å². The highest BCUT2D eigenvalue weighted by molar-refractivity contribution is 7.28. The summed E-state index contributed by atoms with van der Waals surface area (Å²) >= 11 is 1.97. The predicted octanol–water partition coefficient (Wildman–Crippen LogP) is -6.92. The van der Waals surface area contributed by atoms with Gasteiger partial charge in [0, 0.05) is 26.1 Å². The van der Waals surface area contributed by atoms with Crippen LogP contribution >= 0.6 is 11.3 Å². The summed E-state index contributed by atoms with van der Waals surface area (Å²) in [5.74, 6) is 2.01. The molecule has 2 heterocycles. The van der Waals surface area contributed by atoms with E-state index < -0.39 is 0 Å². The lowest BCUT2D eigenvalue weighted by Gasteiger charge is -2.26. The maximum Gasteiger partial charge on any atom is 0.164 e. The fraction of sp³-hybridized carbons (Fsp3) is 0. The Morgan fingerprint density at radius 1 is 0.267 bits per heavy atom. The number of benzene rings is 7. The summed E-state index contributed by atoms with van der Waals surface area (Å²) in [6, 6.07) is 38.2. The topological polar surface area (TPSA) is 38.7 Å². The van der Waals surface area contributed by atoms with Crippen LogP contribution in [0.25, 0.3) is 87.7 Å². The number of rotatable bonds is 6. The average Bonchev–Trinajstić information content (AvgIpc) is 3.69. The lowest BCUT2D eigenvalue weighted by molar-refractivity contribution is 1.08. The molecule has 0 saturated carbocycles. The molecule has 9 rings (SSSR count). The maximum atomic E-state index is 5.35. The van der Waals surface area contributed by atoms with Crippen molar-refractivity contribution in [2.45, 2.75) is 0 Å². The maximum absolute atomic E-state index is 5.35. The zero-order valence-electron chi connectivity index (χ0n) is 36.6. The van der Waals surface area contributed by atoms with E-state index in [1.54, 1.807) is 0 Å². The Kier molecular flexibility index (Phi) is 10.3. The van der Waals surface area contributed by atoms with Gasteiger partial charge in [0.1, 0.15) is 86.3 Å². The van der Waals surface area contributed by atoms with Gasteiger partial charge in [-0.05, 0) is 44.2 Å². The van der Waals surface area contributed by atoms with Gasteiger partial charge in [0.25, 0.3) is 0 Å². The van der Waals surface area contributed by atoms with Gasteiger partial charge in [0.2, 0.25) is 0 Å². The highest BCUT2D eigenvalue weighted by atomic mass is 32.1. The van der Waals surface area contributed by atoms with Gasteiger partial charge in [0.15, 0.2) is 17.5 Å². The van der Waals surface area contributed by atoms with Crippen LogP contribution in [0.4, 0.5) is 0 Å². The minimum absolute atomic E-state index is 0.659. The monoisotopic (exact) mass is 775 g/mol. The Labute approximate surface area is 367 Å². The second kappa shape index (κ2) is 15.5. The van der Waals surface area contributed by atoms with Crippen LogP contribution in [0, 0.1) is 0 Å². The van der Waals surface area contributed by atoms with Crippen molar-refractivity contribution in [2.75, 3.05) is 0 Å². The number of aromatic nitrogens is 3. The van der Waals surface area contributed by atoms with Crippen LogP contribution < -0.4 is 60.1 Å². The van der Waals surface area contributed by atoms with E-state index in [-0.39, 0.29) is 0 Å². The molecule has 0 aliphatic rings. The molecule has 0 spiro atoms. The predicted molar refractivity (Wildman–Crippen MR) is 295 cm³/mol. The number of nitrogens with zero attached hydrogens (tertiary/aromatic N) is 3. The van der Waals surface area contributed by atoms with E-state index in [0.717, 1.165) is 27.8 Å². The number of hydrogen-bond acceptors (Lipinski definition) is 4. The van der Waals surface area contributed by atoms with Crippen LogP contribution in [0.3, 0.4) is 0 Å². The first-order chi connectivity index (χ1) is 28.8. The van der Waals surface area contributed by atoms with Gasteiger partial charge in [-0.15, -0.1) is 27.7 Å². The lowest BCUT2D eigenvalue weighted by Crippen LogP contribution is -2.48. The summed E-state index contributed by atoms with van der Waals surface area (Å²) in [6.07, 6.45) is 0. The third-order valence-electron chi connectivity index (χ3n) is 13.6. The van der Waals surface area contributed by atoms with Gasteiger partial charge in [0.05, 0.1) is 0 Å². The molecular weight excluding hydrogens is 734 g/mol. The van der Waals surface area contributed by atoms with E-state index in [1.165, 1.54) is 103 Å². The molecule has 0 unspecified atom stereocenters. The SMILES string of the molecule is Bc1c(B)c(-c2nc(-c3ccc(-c4ccccc4)cc3)nc(-c3ccc(-c4ccccc4)cc3)n2)c(B)c(-c2c(B)c(B)c3c(sc4c(B)c(B)c(B)c(B)c43)c2B)c1B. The lowest BCUT2D eigenvalue weighted by atomic mass is 9.59. The molecule has 7 aromatic carbocycles. The molecule has 9 aromatic rings. The van der Waals surface area contributed by atoms with Crippen molar-refractivity contribution in [1.29, 1.82) is 0 Å². The van der Waals surface area contributed by atoms with E-state index in [9.17, 15) is 0 Å². The Hall–Kier alpha value is -5.52. The van der Waals surface area contributed by atoms with Crippen LogP contribution in [0.1, 0.15) is 0 Å². The smallest absolute Gasteiger partial charge is 0.164 e. The first-order valence-electron chi connectivity index (χ1n) is 21.0. The number of fused-ring (bicyclic) bond motifs is 3. The fourth-order valence-electron chi connectivity index (χ4n) is 9.42. The summed E-state index contributed by atoms with van der Waals surface area (Å²) in [7, 11) is 25.2. The molecule has 0 saturated heterocycles. The standard InChI is InChI=1S/C45H40B11N3S/c46-30-25(26-31(47)33(49)27-28-34(50)38(54)39(55)40(56)42(28)60-41(27)36(26)52)32(48)37(53)35(51)29(30)45-58-43(23-15-11-21(12-16-23)19-7-3-1-4-8-19)57-44(59-45)24-17-13-22(14-18-24)20-9-5-2-6-10-20/h1-18H,46-56H2. The van der Waals surface area contributed by atoms with Crippen molar-refractivity contribution >= 4 is 178 Å². The van der Waals surface area contributed by atoms with Crippen molar-refractivity contribution < 1.29 is 0 Å². The third kappa shape index (κ3) is 6.48. The normalized spacial score (nSPS) is 11.4. The Morgan fingerprint density at radius 2 is 0.600 bits per heavy atom. The van der Waals surface area contributed by atoms with Crippen LogP contribution in [0.15, 0.2) is 109 Å². The first-order valence-corrected chi connectivity index (χ1v) is 21.8. The van der Waals surface area contributed by atoms with Gasteiger partial charge < -0.3 is 0 Å². The van der Waals surface area contributed by atoms with Crippen LogP contribution in [-0.4, -0.2) is 101 Å². The Bertz CT molecular complexity index is 3090. The number of thiophene rings is 1. The van der Waals surface area contributed by atoms with Gasteiger partial charge >= 0.3 is 0 Å². The van der Waals surface area contributed by atoms with Crippen LogP contribution in [-0.2, 0) is 0 Å².